The zero-order chi connectivity index (χ0) is 18.8. The molecule has 0 radical (unpaired) electrons. The zero-order valence-electron chi connectivity index (χ0n) is 16.0. The number of fused-ring (bicyclic) bond motifs is 3. The molecule has 2 heterocycles. The minimum atomic E-state index is 0.0794. The third-order valence-corrected chi connectivity index (χ3v) is 5.54. The Morgan fingerprint density at radius 3 is 2.81 bits per heavy atom. The normalized spacial score (nSPS) is 16.4. The monoisotopic (exact) mass is 362 g/mol. The van der Waals surface area contributed by atoms with Crippen molar-refractivity contribution in [2.75, 3.05) is 13.2 Å². The van der Waals surface area contributed by atoms with E-state index in [9.17, 15) is 4.79 Å². The molecule has 0 aliphatic carbocycles. The van der Waals surface area contributed by atoms with Crippen molar-refractivity contribution in [2.24, 2.45) is 0 Å². The van der Waals surface area contributed by atoms with Gasteiger partial charge in [0.05, 0.1) is 12.6 Å². The highest BCUT2D eigenvalue weighted by molar-refractivity contribution is 5.86. The number of para-hydroxylation sites is 2. The van der Waals surface area contributed by atoms with Crippen LogP contribution in [-0.2, 0) is 17.6 Å². The molecule has 140 valence electrons. The summed E-state index contributed by atoms with van der Waals surface area (Å²) >= 11 is 0. The third kappa shape index (κ3) is 3.32. The average Bonchev–Trinajstić information content (AvgIpc) is 3.07. The second-order valence-electron chi connectivity index (χ2n) is 7.12. The molecule has 4 heteroatoms. The van der Waals surface area contributed by atoms with E-state index in [0.29, 0.717) is 19.4 Å². The van der Waals surface area contributed by atoms with Gasteiger partial charge in [-0.15, -0.1) is 0 Å². The molecule has 1 aromatic heterocycles. The molecule has 2 aromatic carbocycles. The average molecular weight is 362 g/mol. The Kier molecular flexibility index (Phi) is 4.88. The van der Waals surface area contributed by atoms with Crippen molar-refractivity contribution >= 4 is 16.8 Å². The van der Waals surface area contributed by atoms with E-state index in [4.69, 9.17) is 4.74 Å². The van der Waals surface area contributed by atoms with Gasteiger partial charge in [-0.25, -0.2) is 0 Å². The van der Waals surface area contributed by atoms with Crippen LogP contribution in [0.2, 0.25) is 0 Å². The van der Waals surface area contributed by atoms with Gasteiger partial charge >= 0.3 is 0 Å². The molecule has 3 aromatic rings. The first-order valence-corrected chi connectivity index (χ1v) is 9.78. The van der Waals surface area contributed by atoms with Gasteiger partial charge in [-0.3, -0.25) is 4.79 Å². The van der Waals surface area contributed by atoms with E-state index in [1.54, 1.807) is 0 Å². The number of aryl methyl sites for hydroxylation is 1. The number of hydrogen-bond acceptors (Lipinski definition) is 2. The van der Waals surface area contributed by atoms with Crippen molar-refractivity contribution < 1.29 is 9.53 Å². The molecule has 0 saturated heterocycles. The minimum absolute atomic E-state index is 0.0794. The Balaban J connectivity index is 1.49. The quantitative estimate of drug-likeness (QED) is 0.718. The first-order chi connectivity index (χ1) is 13.2. The van der Waals surface area contributed by atoms with Crippen molar-refractivity contribution in [1.29, 1.82) is 0 Å². The fourth-order valence-electron chi connectivity index (χ4n) is 4.16. The third-order valence-electron chi connectivity index (χ3n) is 5.54. The lowest BCUT2D eigenvalue weighted by atomic mass is 9.97. The molecule has 4 rings (SSSR count). The number of benzene rings is 2. The van der Waals surface area contributed by atoms with Crippen LogP contribution >= 0.6 is 0 Å². The lowest BCUT2D eigenvalue weighted by Crippen LogP contribution is -2.38. The van der Waals surface area contributed by atoms with E-state index >= 15 is 0 Å². The highest BCUT2D eigenvalue weighted by atomic mass is 16.5. The molecule has 1 aliphatic heterocycles. The summed E-state index contributed by atoms with van der Waals surface area (Å²) in [6.45, 7) is 5.52. The lowest BCUT2D eigenvalue weighted by molar-refractivity contribution is -0.133. The largest absolute Gasteiger partial charge is 0.494 e. The van der Waals surface area contributed by atoms with E-state index in [-0.39, 0.29) is 11.9 Å². The van der Waals surface area contributed by atoms with E-state index < -0.39 is 0 Å². The number of hydrogen-bond donors (Lipinski definition) is 1. The fraction of sp³-hybridized carbons (Fsp3) is 0.348. The predicted molar refractivity (Wildman–Crippen MR) is 108 cm³/mol. The standard InChI is InChI=1S/C23H26N2O2/c1-3-27-21-11-7-4-8-17(21)12-13-22(26)25-15-14-19-18-9-5-6-10-20(18)24-23(19)16(25)2/h4-11,16,24H,3,12-15H2,1-2H3/t16-/m0/s1. The molecule has 27 heavy (non-hydrogen) atoms. The van der Waals surface area contributed by atoms with Crippen molar-refractivity contribution in [3.8, 4) is 5.75 Å². The fourth-order valence-corrected chi connectivity index (χ4v) is 4.16. The van der Waals surface area contributed by atoms with Crippen molar-refractivity contribution in [3.63, 3.8) is 0 Å². The van der Waals surface area contributed by atoms with Gasteiger partial charge in [-0.05, 0) is 49.9 Å². The molecule has 1 amide bonds. The van der Waals surface area contributed by atoms with Crippen LogP contribution in [0.5, 0.6) is 5.75 Å². The summed E-state index contributed by atoms with van der Waals surface area (Å²) in [5.41, 5.74) is 4.81. The minimum Gasteiger partial charge on any atom is -0.494 e. The molecular weight excluding hydrogens is 336 g/mol. The lowest BCUT2D eigenvalue weighted by Gasteiger charge is -2.33. The van der Waals surface area contributed by atoms with E-state index in [1.165, 1.54) is 16.6 Å². The van der Waals surface area contributed by atoms with Crippen LogP contribution < -0.4 is 4.74 Å². The van der Waals surface area contributed by atoms with Gasteiger partial charge < -0.3 is 14.6 Å². The second-order valence-corrected chi connectivity index (χ2v) is 7.12. The van der Waals surface area contributed by atoms with Gasteiger partial charge in [0.2, 0.25) is 5.91 Å². The van der Waals surface area contributed by atoms with Gasteiger partial charge in [0.15, 0.2) is 0 Å². The SMILES string of the molecule is CCOc1ccccc1CCC(=O)N1CCc2c([nH]c3ccccc23)[C@@H]1C. The number of nitrogens with zero attached hydrogens (tertiary/aromatic N) is 1. The summed E-state index contributed by atoms with van der Waals surface area (Å²) in [7, 11) is 0. The predicted octanol–water partition coefficient (Wildman–Crippen LogP) is 4.65. The highest BCUT2D eigenvalue weighted by Crippen LogP contribution is 2.34. The number of ether oxygens (including phenoxy) is 1. The smallest absolute Gasteiger partial charge is 0.223 e. The topological polar surface area (TPSA) is 45.3 Å². The molecule has 1 aliphatic rings. The molecule has 0 saturated carbocycles. The molecule has 0 spiro atoms. The molecule has 0 fully saturated rings. The van der Waals surface area contributed by atoms with Gasteiger partial charge in [-0.2, -0.15) is 0 Å². The number of carbonyl (C=O) groups is 1. The maximum atomic E-state index is 12.9. The molecule has 0 unspecified atom stereocenters. The maximum absolute atomic E-state index is 12.9. The van der Waals surface area contributed by atoms with Crippen LogP contribution in [0.4, 0.5) is 0 Å². The first kappa shape index (κ1) is 17.7. The van der Waals surface area contributed by atoms with E-state index in [1.807, 2.05) is 42.2 Å². The van der Waals surface area contributed by atoms with E-state index in [0.717, 1.165) is 29.8 Å². The number of aromatic nitrogens is 1. The zero-order valence-corrected chi connectivity index (χ0v) is 16.0. The van der Waals surface area contributed by atoms with Crippen LogP contribution in [-0.4, -0.2) is 28.9 Å². The number of rotatable bonds is 5. The molecular formula is C23H26N2O2. The molecule has 1 atom stereocenters. The summed E-state index contributed by atoms with van der Waals surface area (Å²) in [6, 6.07) is 16.5. The number of aromatic amines is 1. The maximum Gasteiger partial charge on any atom is 0.223 e. The Labute approximate surface area is 160 Å². The van der Waals surface area contributed by atoms with Crippen LogP contribution in [0.15, 0.2) is 48.5 Å². The van der Waals surface area contributed by atoms with Crippen LogP contribution in [0, 0.1) is 0 Å². The van der Waals surface area contributed by atoms with Crippen molar-refractivity contribution in [2.45, 2.75) is 39.2 Å². The first-order valence-electron chi connectivity index (χ1n) is 9.78. The molecule has 1 N–H and O–H groups in total. The Hall–Kier alpha value is -2.75. The van der Waals surface area contributed by atoms with Gasteiger partial charge in [0.1, 0.15) is 5.75 Å². The Morgan fingerprint density at radius 2 is 1.96 bits per heavy atom. The summed E-state index contributed by atoms with van der Waals surface area (Å²) in [5.74, 6) is 1.09. The summed E-state index contributed by atoms with van der Waals surface area (Å²) < 4.78 is 5.69. The Bertz CT molecular complexity index is 960. The Morgan fingerprint density at radius 1 is 1.19 bits per heavy atom. The van der Waals surface area contributed by atoms with Gasteiger partial charge in [-0.1, -0.05) is 36.4 Å². The number of carbonyl (C=O) groups excluding carboxylic acids is 1. The molecule has 0 bridgehead atoms. The summed E-state index contributed by atoms with van der Waals surface area (Å²) in [6.07, 6.45) is 2.12. The van der Waals surface area contributed by atoms with E-state index in [2.05, 4.69) is 30.1 Å². The second kappa shape index (κ2) is 7.47. The van der Waals surface area contributed by atoms with Gasteiger partial charge in [0.25, 0.3) is 0 Å². The number of nitrogens with one attached hydrogen (secondary N) is 1. The number of amides is 1. The van der Waals surface area contributed by atoms with Crippen molar-refractivity contribution in [3.05, 3.63) is 65.4 Å². The summed E-state index contributed by atoms with van der Waals surface area (Å²) in [5, 5.41) is 1.29. The molecule has 4 nitrogen and oxygen atoms in total. The summed E-state index contributed by atoms with van der Waals surface area (Å²) in [4.78, 5) is 18.5. The number of H-pyrrole nitrogens is 1. The van der Waals surface area contributed by atoms with Gasteiger partial charge in [0, 0.05) is 29.6 Å². The highest BCUT2D eigenvalue weighted by Gasteiger charge is 2.30. The van der Waals surface area contributed by atoms with Crippen LogP contribution in [0.1, 0.15) is 43.1 Å². The van der Waals surface area contributed by atoms with Crippen LogP contribution in [0.25, 0.3) is 10.9 Å². The van der Waals surface area contributed by atoms with Crippen LogP contribution in [0.3, 0.4) is 0 Å². The van der Waals surface area contributed by atoms with Crippen molar-refractivity contribution in [1.82, 2.24) is 9.88 Å².